The molecule has 0 saturated heterocycles. The second kappa shape index (κ2) is 4.33. The van der Waals surface area contributed by atoms with Crippen LogP contribution < -0.4 is 5.73 Å². The van der Waals surface area contributed by atoms with Crippen molar-refractivity contribution in [1.82, 2.24) is 0 Å². The molecule has 1 aromatic rings. The predicted molar refractivity (Wildman–Crippen MR) is 48.6 cm³/mol. The monoisotopic (exact) mass is 185 g/mol. The maximum absolute atomic E-state index is 13.1. The first kappa shape index (κ1) is 10.1. The Bertz CT molecular complexity index is 256. The molecule has 1 nitrogen and oxygen atoms in total. The van der Waals surface area contributed by atoms with Gasteiger partial charge in [0.25, 0.3) is 0 Å². The summed E-state index contributed by atoms with van der Waals surface area (Å²) in [4.78, 5) is 0. The average molecular weight is 185 g/mol. The van der Waals surface area contributed by atoms with Crippen LogP contribution in [-0.2, 0) is 6.42 Å². The van der Waals surface area contributed by atoms with E-state index < -0.39 is 12.2 Å². The van der Waals surface area contributed by atoms with Crippen LogP contribution in [0.1, 0.15) is 12.5 Å². The normalized spacial score (nSPS) is 15.4. The highest BCUT2D eigenvalue weighted by Gasteiger charge is 2.12. The number of benzene rings is 1. The van der Waals surface area contributed by atoms with Crippen molar-refractivity contribution in [2.45, 2.75) is 25.6 Å². The van der Waals surface area contributed by atoms with E-state index in [-0.39, 0.29) is 12.2 Å². The van der Waals surface area contributed by atoms with Gasteiger partial charge in [-0.15, -0.1) is 0 Å². The van der Waals surface area contributed by atoms with E-state index in [2.05, 4.69) is 0 Å². The Balaban J connectivity index is 2.59. The summed E-state index contributed by atoms with van der Waals surface area (Å²) in [6.07, 6.45) is -0.816. The third-order valence-corrected chi connectivity index (χ3v) is 1.91. The molecule has 3 heteroatoms. The van der Waals surface area contributed by atoms with Crippen molar-refractivity contribution in [1.29, 1.82) is 0 Å². The molecule has 0 bridgehead atoms. The second-order valence-electron chi connectivity index (χ2n) is 3.21. The molecule has 0 amide bonds. The summed E-state index contributed by atoms with van der Waals surface area (Å²) >= 11 is 0. The molecule has 2 atom stereocenters. The van der Waals surface area contributed by atoms with Gasteiger partial charge < -0.3 is 5.73 Å². The van der Waals surface area contributed by atoms with Gasteiger partial charge in [-0.25, -0.2) is 8.78 Å². The van der Waals surface area contributed by atoms with Crippen LogP contribution in [0.25, 0.3) is 0 Å². The maximum Gasteiger partial charge on any atom is 0.123 e. The van der Waals surface area contributed by atoms with E-state index in [1.165, 1.54) is 12.1 Å². The molecular formula is C10H13F2N. The molecule has 0 aliphatic carbocycles. The highest BCUT2D eigenvalue weighted by atomic mass is 19.1. The van der Waals surface area contributed by atoms with Crippen molar-refractivity contribution in [3.05, 3.63) is 35.6 Å². The second-order valence-corrected chi connectivity index (χ2v) is 3.21. The van der Waals surface area contributed by atoms with Crippen LogP contribution in [0.5, 0.6) is 0 Å². The van der Waals surface area contributed by atoms with E-state index in [0.29, 0.717) is 0 Å². The predicted octanol–water partition coefficient (Wildman–Crippen LogP) is 2.05. The highest BCUT2D eigenvalue weighted by Crippen LogP contribution is 2.09. The highest BCUT2D eigenvalue weighted by molar-refractivity contribution is 5.17. The number of hydrogen-bond acceptors (Lipinski definition) is 1. The van der Waals surface area contributed by atoms with E-state index >= 15 is 0 Å². The van der Waals surface area contributed by atoms with Crippen molar-refractivity contribution in [2.75, 3.05) is 0 Å². The Morgan fingerprint density at radius 2 is 1.85 bits per heavy atom. The lowest BCUT2D eigenvalue weighted by atomic mass is 10.1. The summed E-state index contributed by atoms with van der Waals surface area (Å²) in [6.45, 7) is 1.62. The Labute approximate surface area is 76.6 Å². The molecule has 0 aromatic heterocycles. The SMILES string of the molecule is CC(N)C(F)Cc1ccc(F)cc1. The summed E-state index contributed by atoms with van der Waals surface area (Å²) in [5.41, 5.74) is 6.13. The van der Waals surface area contributed by atoms with E-state index in [1.807, 2.05) is 0 Å². The lowest BCUT2D eigenvalue weighted by Gasteiger charge is -2.11. The van der Waals surface area contributed by atoms with Gasteiger partial charge in [0.1, 0.15) is 12.0 Å². The first-order valence-electron chi connectivity index (χ1n) is 4.23. The summed E-state index contributed by atoms with van der Waals surface area (Å²) in [5.74, 6) is -0.306. The van der Waals surface area contributed by atoms with Crippen LogP contribution in [0.2, 0.25) is 0 Å². The van der Waals surface area contributed by atoms with Crippen LogP contribution in [0, 0.1) is 5.82 Å². The van der Waals surface area contributed by atoms with Gasteiger partial charge in [-0.1, -0.05) is 12.1 Å². The van der Waals surface area contributed by atoms with Gasteiger partial charge in [0.2, 0.25) is 0 Å². The van der Waals surface area contributed by atoms with Gasteiger partial charge in [-0.2, -0.15) is 0 Å². The fraction of sp³-hybridized carbons (Fsp3) is 0.400. The van der Waals surface area contributed by atoms with Gasteiger partial charge in [0, 0.05) is 12.5 Å². The fourth-order valence-electron chi connectivity index (χ4n) is 1.03. The minimum Gasteiger partial charge on any atom is -0.325 e. The number of hydrogen-bond donors (Lipinski definition) is 1. The van der Waals surface area contributed by atoms with Crippen LogP contribution in [0.4, 0.5) is 8.78 Å². The summed E-state index contributed by atoms with van der Waals surface area (Å²) in [7, 11) is 0. The first-order chi connectivity index (χ1) is 6.09. The lowest BCUT2D eigenvalue weighted by molar-refractivity contribution is 0.290. The smallest absolute Gasteiger partial charge is 0.123 e. The maximum atomic E-state index is 13.1. The number of alkyl halides is 1. The van der Waals surface area contributed by atoms with Gasteiger partial charge in [0.15, 0.2) is 0 Å². The van der Waals surface area contributed by atoms with Crippen LogP contribution in [-0.4, -0.2) is 12.2 Å². The Morgan fingerprint density at radius 3 is 2.31 bits per heavy atom. The molecule has 13 heavy (non-hydrogen) atoms. The Hall–Kier alpha value is -0.960. The molecule has 1 rings (SSSR count). The third kappa shape index (κ3) is 3.11. The van der Waals surface area contributed by atoms with Gasteiger partial charge in [-0.05, 0) is 24.6 Å². The molecule has 0 radical (unpaired) electrons. The molecule has 0 spiro atoms. The number of rotatable bonds is 3. The van der Waals surface area contributed by atoms with Crippen LogP contribution >= 0.6 is 0 Å². The van der Waals surface area contributed by atoms with E-state index in [4.69, 9.17) is 5.73 Å². The zero-order chi connectivity index (χ0) is 9.84. The molecule has 0 heterocycles. The van der Waals surface area contributed by atoms with Crippen molar-refractivity contribution in [3.63, 3.8) is 0 Å². The minimum atomic E-state index is -1.06. The summed E-state index contributed by atoms with van der Waals surface area (Å²) < 4.78 is 25.6. The Kier molecular flexibility index (Phi) is 3.37. The molecule has 0 aliphatic rings. The van der Waals surface area contributed by atoms with Crippen LogP contribution in [0.3, 0.4) is 0 Å². The summed E-state index contributed by atoms with van der Waals surface area (Å²) in [5, 5.41) is 0. The van der Waals surface area contributed by atoms with Crippen LogP contribution in [0.15, 0.2) is 24.3 Å². The zero-order valence-electron chi connectivity index (χ0n) is 7.50. The summed E-state index contributed by atoms with van der Waals surface area (Å²) in [6, 6.07) is 5.31. The third-order valence-electron chi connectivity index (χ3n) is 1.91. The van der Waals surface area contributed by atoms with E-state index in [1.54, 1.807) is 19.1 Å². The Morgan fingerprint density at radius 1 is 1.31 bits per heavy atom. The molecule has 2 unspecified atom stereocenters. The van der Waals surface area contributed by atoms with Crippen molar-refractivity contribution in [3.8, 4) is 0 Å². The standard InChI is InChI=1S/C10H13F2N/c1-7(13)10(12)6-8-2-4-9(11)5-3-8/h2-5,7,10H,6,13H2,1H3. The lowest BCUT2D eigenvalue weighted by Crippen LogP contribution is -2.29. The van der Waals surface area contributed by atoms with E-state index in [9.17, 15) is 8.78 Å². The molecule has 2 N–H and O–H groups in total. The van der Waals surface area contributed by atoms with Crippen molar-refractivity contribution in [2.24, 2.45) is 5.73 Å². The van der Waals surface area contributed by atoms with E-state index in [0.717, 1.165) is 5.56 Å². The number of halogens is 2. The largest absolute Gasteiger partial charge is 0.325 e. The average Bonchev–Trinajstić information content (AvgIpc) is 2.08. The zero-order valence-corrected chi connectivity index (χ0v) is 7.50. The van der Waals surface area contributed by atoms with Crippen molar-refractivity contribution < 1.29 is 8.78 Å². The fourth-order valence-corrected chi connectivity index (χ4v) is 1.03. The molecule has 1 aromatic carbocycles. The molecular weight excluding hydrogens is 172 g/mol. The molecule has 0 saturated carbocycles. The van der Waals surface area contributed by atoms with Gasteiger partial charge >= 0.3 is 0 Å². The quantitative estimate of drug-likeness (QED) is 0.766. The van der Waals surface area contributed by atoms with Gasteiger partial charge in [0.05, 0.1) is 0 Å². The minimum absolute atomic E-state index is 0.248. The van der Waals surface area contributed by atoms with Gasteiger partial charge in [-0.3, -0.25) is 0 Å². The molecule has 72 valence electrons. The molecule has 0 fully saturated rings. The molecule has 0 aliphatic heterocycles. The topological polar surface area (TPSA) is 26.0 Å². The number of nitrogens with two attached hydrogens (primary N) is 1. The first-order valence-corrected chi connectivity index (χ1v) is 4.23. The van der Waals surface area contributed by atoms with Crippen molar-refractivity contribution >= 4 is 0 Å².